The lowest BCUT2D eigenvalue weighted by atomic mass is 10.1. The molecule has 0 amide bonds. The molecule has 0 spiro atoms. The van der Waals surface area contributed by atoms with E-state index in [1.807, 2.05) is 20.8 Å². The number of aromatic nitrogens is 2. The van der Waals surface area contributed by atoms with Crippen LogP contribution in [0, 0.1) is 6.92 Å². The van der Waals surface area contributed by atoms with Crippen LogP contribution in [0.4, 0.5) is 0 Å². The van der Waals surface area contributed by atoms with Gasteiger partial charge >= 0.3 is 0 Å². The van der Waals surface area contributed by atoms with Crippen molar-refractivity contribution in [3.05, 3.63) is 33.2 Å². The third-order valence-electron chi connectivity index (χ3n) is 2.80. The van der Waals surface area contributed by atoms with Gasteiger partial charge in [0.05, 0.1) is 12.0 Å². The van der Waals surface area contributed by atoms with Gasteiger partial charge in [-0.2, -0.15) is 0 Å². The molecule has 0 saturated carbocycles. The fourth-order valence-electron chi connectivity index (χ4n) is 1.98. The van der Waals surface area contributed by atoms with E-state index in [0.29, 0.717) is 23.6 Å². The van der Waals surface area contributed by atoms with Gasteiger partial charge in [0, 0.05) is 4.88 Å². The highest BCUT2D eigenvalue weighted by Crippen LogP contribution is 2.27. The van der Waals surface area contributed by atoms with Gasteiger partial charge in [0.2, 0.25) is 0 Å². The molecule has 2 aromatic heterocycles. The molecule has 0 atom stereocenters. The summed E-state index contributed by atoms with van der Waals surface area (Å²) in [7, 11) is 0. The van der Waals surface area contributed by atoms with E-state index in [2.05, 4.69) is 16.5 Å². The molecule has 0 unspecified atom stereocenters. The molecular weight excluding hydrogens is 248 g/mol. The van der Waals surface area contributed by atoms with E-state index in [9.17, 15) is 4.79 Å². The number of nitrogens with zero attached hydrogens (tertiary/aromatic N) is 1. The number of hydrogen-bond acceptors (Lipinski definition) is 4. The van der Waals surface area contributed by atoms with Gasteiger partial charge in [0.25, 0.3) is 5.56 Å². The van der Waals surface area contributed by atoms with Gasteiger partial charge < -0.3 is 9.72 Å². The first kappa shape index (κ1) is 12.8. The Morgan fingerprint density at radius 2 is 2.22 bits per heavy atom. The first-order chi connectivity index (χ1) is 8.58. The third kappa shape index (κ3) is 2.06. The Bertz CT molecular complexity index is 655. The molecule has 2 rings (SSSR count). The molecule has 96 valence electrons. The normalized spacial score (nSPS) is 10.8. The lowest BCUT2D eigenvalue weighted by Gasteiger charge is -2.05. The molecule has 0 aliphatic carbocycles. The molecule has 0 saturated heterocycles. The minimum absolute atomic E-state index is 0.114. The Kier molecular flexibility index (Phi) is 3.52. The molecule has 0 bridgehead atoms. The van der Waals surface area contributed by atoms with Crippen molar-refractivity contribution >= 4 is 27.3 Å². The number of aryl methyl sites for hydroxylation is 2. The Morgan fingerprint density at radius 3 is 2.83 bits per heavy atom. The van der Waals surface area contributed by atoms with Gasteiger partial charge in [0.1, 0.15) is 4.83 Å². The molecule has 2 aromatic rings. The van der Waals surface area contributed by atoms with Crippen LogP contribution in [-0.2, 0) is 11.2 Å². The Hall–Kier alpha value is -1.62. The third-order valence-corrected chi connectivity index (χ3v) is 3.84. The van der Waals surface area contributed by atoms with Crippen molar-refractivity contribution in [1.82, 2.24) is 9.97 Å². The van der Waals surface area contributed by atoms with Crippen LogP contribution < -0.4 is 5.56 Å². The summed E-state index contributed by atoms with van der Waals surface area (Å²) in [6.07, 6.45) is 0.836. The lowest BCUT2D eigenvalue weighted by Crippen LogP contribution is -2.12. The summed E-state index contributed by atoms with van der Waals surface area (Å²) in [6.45, 7) is 10.2. The van der Waals surface area contributed by atoms with Gasteiger partial charge in [-0.25, -0.2) is 4.98 Å². The summed E-state index contributed by atoms with van der Waals surface area (Å²) in [5.41, 5.74) is 0.967. The van der Waals surface area contributed by atoms with Gasteiger partial charge in [-0.3, -0.25) is 4.79 Å². The zero-order valence-electron chi connectivity index (χ0n) is 10.8. The maximum absolute atomic E-state index is 12.1. The first-order valence-electron chi connectivity index (χ1n) is 5.92. The van der Waals surface area contributed by atoms with Crippen molar-refractivity contribution in [1.29, 1.82) is 0 Å². The maximum atomic E-state index is 12.1. The van der Waals surface area contributed by atoms with E-state index in [1.54, 1.807) is 0 Å². The largest absolute Gasteiger partial charge is 0.491 e. The van der Waals surface area contributed by atoms with Gasteiger partial charge in [-0.1, -0.05) is 13.5 Å². The lowest BCUT2D eigenvalue weighted by molar-refractivity contribution is 0.296. The van der Waals surface area contributed by atoms with E-state index in [-0.39, 0.29) is 5.56 Å². The predicted molar refractivity (Wildman–Crippen MR) is 75.0 cm³/mol. The predicted octanol–water partition coefficient (Wildman–Crippen LogP) is 2.86. The number of nitrogens with one attached hydrogen (secondary N) is 1. The standard InChI is InChI=1S/C13H16N2O2S/c1-5-9-8(4)18-13-10(9)12(16)14-11(15-13)7(3)17-6-2/h3,5-6H2,1-2,4H3,(H,14,15,16). The van der Waals surface area contributed by atoms with Gasteiger partial charge in [0.15, 0.2) is 11.6 Å². The highest BCUT2D eigenvalue weighted by molar-refractivity contribution is 7.18. The number of rotatable bonds is 4. The SMILES string of the molecule is C=C(OCC)c1nc2sc(C)c(CC)c2c(=O)[nH]1. The second-order valence-electron chi connectivity index (χ2n) is 3.94. The average Bonchev–Trinajstić information content (AvgIpc) is 2.65. The molecular formula is C13H16N2O2S. The Balaban J connectivity index is 2.64. The summed E-state index contributed by atoms with van der Waals surface area (Å²) in [5, 5.41) is 0.702. The molecule has 5 heteroatoms. The molecule has 0 fully saturated rings. The van der Waals surface area contributed by atoms with Crippen molar-refractivity contribution in [2.45, 2.75) is 27.2 Å². The van der Waals surface area contributed by atoms with Crippen molar-refractivity contribution in [3.8, 4) is 0 Å². The first-order valence-corrected chi connectivity index (χ1v) is 6.74. The van der Waals surface area contributed by atoms with Crippen molar-refractivity contribution < 1.29 is 4.74 Å². The van der Waals surface area contributed by atoms with Gasteiger partial charge in [-0.15, -0.1) is 11.3 Å². The minimum atomic E-state index is -0.114. The van der Waals surface area contributed by atoms with E-state index < -0.39 is 0 Å². The molecule has 4 nitrogen and oxygen atoms in total. The smallest absolute Gasteiger partial charge is 0.260 e. The second-order valence-corrected chi connectivity index (χ2v) is 5.14. The molecule has 1 N–H and O–H groups in total. The van der Waals surface area contributed by atoms with Crippen LogP contribution in [0.15, 0.2) is 11.4 Å². The Morgan fingerprint density at radius 1 is 1.50 bits per heavy atom. The topological polar surface area (TPSA) is 55.0 Å². The molecule has 0 aliphatic heterocycles. The van der Waals surface area contributed by atoms with Crippen LogP contribution in [0.5, 0.6) is 0 Å². The van der Waals surface area contributed by atoms with Crippen LogP contribution in [0.25, 0.3) is 16.0 Å². The summed E-state index contributed by atoms with van der Waals surface area (Å²) in [5.74, 6) is 0.818. The highest BCUT2D eigenvalue weighted by atomic mass is 32.1. The zero-order valence-corrected chi connectivity index (χ0v) is 11.6. The van der Waals surface area contributed by atoms with Crippen molar-refractivity contribution in [3.63, 3.8) is 0 Å². The van der Waals surface area contributed by atoms with Crippen molar-refractivity contribution in [2.24, 2.45) is 0 Å². The van der Waals surface area contributed by atoms with E-state index in [0.717, 1.165) is 21.7 Å². The summed E-state index contributed by atoms with van der Waals surface area (Å²) >= 11 is 1.54. The molecule has 2 heterocycles. The number of thiophene rings is 1. The molecule has 0 aromatic carbocycles. The minimum Gasteiger partial charge on any atom is -0.491 e. The average molecular weight is 264 g/mol. The quantitative estimate of drug-likeness (QED) is 0.864. The fourth-order valence-corrected chi connectivity index (χ4v) is 3.09. The monoisotopic (exact) mass is 264 g/mol. The highest BCUT2D eigenvalue weighted by Gasteiger charge is 2.14. The van der Waals surface area contributed by atoms with Gasteiger partial charge in [-0.05, 0) is 25.8 Å². The second kappa shape index (κ2) is 4.94. The number of fused-ring (bicyclic) bond motifs is 1. The number of aromatic amines is 1. The Labute approximate surface area is 109 Å². The fraction of sp³-hybridized carbons (Fsp3) is 0.385. The van der Waals surface area contributed by atoms with Crippen LogP contribution >= 0.6 is 11.3 Å². The molecule has 0 aliphatic rings. The summed E-state index contributed by atoms with van der Waals surface area (Å²) in [4.78, 5) is 21.2. The number of hydrogen-bond donors (Lipinski definition) is 1. The van der Waals surface area contributed by atoms with E-state index >= 15 is 0 Å². The molecule has 0 radical (unpaired) electrons. The maximum Gasteiger partial charge on any atom is 0.260 e. The summed E-state index contributed by atoms with van der Waals surface area (Å²) in [6, 6.07) is 0. The number of H-pyrrole nitrogens is 1. The number of ether oxygens (including phenoxy) is 1. The van der Waals surface area contributed by atoms with Crippen LogP contribution in [-0.4, -0.2) is 16.6 Å². The van der Waals surface area contributed by atoms with Crippen molar-refractivity contribution in [2.75, 3.05) is 6.61 Å². The van der Waals surface area contributed by atoms with Crippen LogP contribution in [0.2, 0.25) is 0 Å². The van der Waals surface area contributed by atoms with E-state index in [4.69, 9.17) is 4.74 Å². The molecule has 18 heavy (non-hydrogen) atoms. The van der Waals surface area contributed by atoms with Crippen LogP contribution in [0.3, 0.4) is 0 Å². The summed E-state index contributed by atoms with van der Waals surface area (Å²) < 4.78 is 5.27. The van der Waals surface area contributed by atoms with E-state index in [1.165, 1.54) is 11.3 Å². The zero-order chi connectivity index (χ0) is 13.3. The van der Waals surface area contributed by atoms with Crippen LogP contribution in [0.1, 0.15) is 30.1 Å².